The van der Waals surface area contributed by atoms with E-state index >= 15 is 0 Å². The summed E-state index contributed by atoms with van der Waals surface area (Å²) in [6, 6.07) is 5.88. The van der Waals surface area contributed by atoms with Crippen LogP contribution in [0.5, 0.6) is 0 Å². The summed E-state index contributed by atoms with van der Waals surface area (Å²) in [7, 11) is -3.66. The first-order valence-corrected chi connectivity index (χ1v) is 11.7. The fourth-order valence-corrected chi connectivity index (χ4v) is 4.54. The second-order valence-electron chi connectivity index (χ2n) is 8.92. The van der Waals surface area contributed by atoms with Crippen molar-refractivity contribution in [1.82, 2.24) is 14.9 Å². The minimum atomic E-state index is -3.66. The number of benzene rings is 1. The summed E-state index contributed by atoms with van der Waals surface area (Å²) in [5.74, 6) is 0.0821. The van der Waals surface area contributed by atoms with Gasteiger partial charge in [-0.05, 0) is 71.6 Å². The molecule has 168 valence electrons. The van der Waals surface area contributed by atoms with Crippen LogP contribution in [0.2, 0.25) is 0 Å². The zero-order chi connectivity index (χ0) is 22.5. The van der Waals surface area contributed by atoms with Gasteiger partial charge in [-0.15, -0.1) is 0 Å². The Hall–Kier alpha value is -2.13. The van der Waals surface area contributed by atoms with E-state index in [4.69, 9.17) is 4.74 Å². The number of likely N-dealkylation sites (tertiary alicyclic amines) is 1. The summed E-state index contributed by atoms with van der Waals surface area (Å²) in [6.07, 6.45) is 1.08. The van der Waals surface area contributed by atoms with E-state index in [0.29, 0.717) is 25.2 Å². The maximum atomic E-state index is 12.9. The van der Waals surface area contributed by atoms with Gasteiger partial charge in [0, 0.05) is 31.2 Å². The van der Waals surface area contributed by atoms with Crippen LogP contribution in [0, 0.1) is 5.92 Å². The molecule has 0 unspecified atom stereocenters. The lowest BCUT2D eigenvalue weighted by Crippen LogP contribution is -2.42. The van der Waals surface area contributed by atoms with Crippen LogP contribution in [-0.4, -0.2) is 56.6 Å². The highest BCUT2D eigenvalue weighted by atomic mass is 32.2. The molecule has 2 N–H and O–H groups in total. The molecule has 2 rings (SSSR count). The third-order valence-corrected chi connectivity index (χ3v) is 6.27. The molecule has 0 aromatic heterocycles. The van der Waals surface area contributed by atoms with Crippen molar-refractivity contribution in [3.8, 4) is 0 Å². The monoisotopic (exact) mass is 439 g/mol. The van der Waals surface area contributed by atoms with Gasteiger partial charge in [-0.3, -0.25) is 4.79 Å². The molecule has 30 heavy (non-hydrogen) atoms. The van der Waals surface area contributed by atoms with Crippen LogP contribution < -0.4 is 10.0 Å². The highest BCUT2D eigenvalue weighted by Crippen LogP contribution is 2.20. The van der Waals surface area contributed by atoms with Crippen LogP contribution in [0.3, 0.4) is 0 Å². The van der Waals surface area contributed by atoms with E-state index in [1.54, 1.807) is 30.9 Å². The number of carbonyl (C=O) groups is 2. The molecule has 8 nitrogen and oxygen atoms in total. The maximum absolute atomic E-state index is 12.9. The lowest BCUT2D eigenvalue weighted by atomic mass is 9.96. The minimum absolute atomic E-state index is 0.0819. The lowest BCUT2D eigenvalue weighted by molar-refractivity contribution is 0.0500. The number of alkyl carbamates (subject to hydrolysis) is 1. The molecular weight excluding hydrogens is 406 g/mol. The first-order chi connectivity index (χ1) is 13.9. The van der Waals surface area contributed by atoms with Crippen molar-refractivity contribution >= 4 is 22.0 Å². The predicted octanol–water partition coefficient (Wildman–Crippen LogP) is 2.75. The molecule has 1 aromatic carbocycles. The van der Waals surface area contributed by atoms with E-state index in [0.717, 1.165) is 12.8 Å². The van der Waals surface area contributed by atoms with E-state index in [1.165, 1.54) is 12.1 Å². The van der Waals surface area contributed by atoms with Crippen molar-refractivity contribution in [2.24, 2.45) is 5.92 Å². The van der Waals surface area contributed by atoms with E-state index in [-0.39, 0.29) is 22.8 Å². The highest BCUT2D eigenvalue weighted by Gasteiger charge is 2.26. The van der Waals surface area contributed by atoms with E-state index in [2.05, 4.69) is 10.0 Å². The molecule has 1 aromatic rings. The number of carbonyl (C=O) groups excluding carboxylic acids is 2. The van der Waals surface area contributed by atoms with Gasteiger partial charge in [0.15, 0.2) is 0 Å². The topological polar surface area (TPSA) is 105 Å². The quantitative estimate of drug-likeness (QED) is 0.709. The molecule has 1 saturated heterocycles. The molecule has 1 aliphatic rings. The normalized spacial score (nSPS) is 15.9. The van der Waals surface area contributed by atoms with Gasteiger partial charge in [-0.2, -0.15) is 0 Å². The average molecular weight is 440 g/mol. The Morgan fingerprint density at radius 3 is 2.40 bits per heavy atom. The van der Waals surface area contributed by atoms with Gasteiger partial charge in [0.2, 0.25) is 10.0 Å². The summed E-state index contributed by atoms with van der Waals surface area (Å²) in [4.78, 5) is 26.4. The van der Waals surface area contributed by atoms with Crippen molar-refractivity contribution in [3.63, 3.8) is 0 Å². The standard InChI is InChI=1S/C21H33N3O5S/c1-15(2)23-30(27,28)18-8-6-7-17(13-18)19(25)24-11-9-16(10-12-24)14-22-20(26)29-21(3,4)5/h6-8,13,15-16,23H,9-12,14H2,1-5H3,(H,22,26). The highest BCUT2D eigenvalue weighted by molar-refractivity contribution is 7.89. The smallest absolute Gasteiger partial charge is 0.407 e. The number of ether oxygens (including phenoxy) is 1. The number of amides is 2. The molecule has 9 heteroatoms. The lowest BCUT2D eigenvalue weighted by Gasteiger charge is -2.32. The van der Waals surface area contributed by atoms with Crippen LogP contribution in [0.25, 0.3) is 0 Å². The molecule has 1 heterocycles. The Labute approximate surface area is 179 Å². The number of rotatable bonds is 6. The number of hydrogen-bond donors (Lipinski definition) is 2. The summed E-state index contributed by atoms with van der Waals surface area (Å²) in [5.41, 5.74) is -0.181. The SMILES string of the molecule is CC(C)NS(=O)(=O)c1cccc(C(=O)N2CCC(CNC(=O)OC(C)(C)C)CC2)c1. The van der Waals surface area contributed by atoms with Gasteiger partial charge in [0.1, 0.15) is 5.60 Å². The first kappa shape index (κ1) is 24.1. The van der Waals surface area contributed by atoms with Crippen LogP contribution in [-0.2, 0) is 14.8 Å². The van der Waals surface area contributed by atoms with Crippen molar-refractivity contribution in [3.05, 3.63) is 29.8 Å². The third-order valence-electron chi connectivity index (χ3n) is 4.62. The van der Waals surface area contributed by atoms with E-state index in [1.807, 2.05) is 20.8 Å². The van der Waals surface area contributed by atoms with Crippen LogP contribution in [0.15, 0.2) is 29.2 Å². The van der Waals surface area contributed by atoms with Crippen molar-refractivity contribution < 1.29 is 22.7 Å². The molecule has 0 spiro atoms. The Balaban J connectivity index is 1.91. The molecule has 0 bridgehead atoms. The van der Waals surface area contributed by atoms with Crippen molar-refractivity contribution in [1.29, 1.82) is 0 Å². The summed E-state index contributed by atoms with van der Waals surface area (Å²) in [6.45, 7) is 10.6. The van der Waals surface area contributed by atoms with Crippen LogP contribution in [0.1, 0.15) is 57.8 Å². The third kappa shape index (κ3) is 7.28. The second kappa shape index (κ2) is 9.78. The number of hydrogen-bond acceptors (Lipinski definition) is 5. The van der Waals surface area contributed by atoms with Crippen LogP contribution in [0.4, 0.5) is 4.79 Å². The molecule has 2 amide bonds. The van der Waals surface area contributed by atoms with Gasteiger partial charge < -0.3 is 15.0 Å². The first-order valence-electron chi connectivity index (χ1n) is 10.3. The average Bonchev–Trinajstić information content (AvgIpc) is 2.64. The van der Waals surface area contributed by atoms with Gasteiger partial charge in [-0.1, -0.05) is 6.07 Å². The summed E-state index contributed by atoms with van der Waals surface area (Å²) >= 11 is 0. The molecule has 0 saturated carbocycles. The number of sulfonamides is 1. The Morgan fingerprint density at radius 1 is 1.20 bits per heavy atom. The zero-order valence-corrected chi connectivity index (χ0v) is 19.2. The number of nitrogens with one attached hydrogen (secondary N) is 2. The maximum Gasteiger partial charge on any atom is 0.407 e. The molecule has 1 fully saturated rings. The molecule has 0 aliphatic carbocycles. The summed E-state index contributed by atoms with van der Waals surface area (Å²) < 4.78 is 32.5. The Bertz CT molecular complexity index is 854. The fourth-order valence-electron chi connectivity index (χ4n) is 3.24. The van der Waals surface area contributed by atoms with Gasteiger partial charge >= 0.3 is 6.09 Å². The largest absolute Gasteiger partial charge is 0.444 e. The Kier molecular flexibility index (Phi) is 7.87. The summed E-state index contributed by atoms with van der Waals surface area (Å²) in [5, 5.41) is 2.79. The molecule has 0 atom stereocenters. The Morgan fingerprint density at radius 2 is 1.83 bits per heavy atom. The van der Waals surface area contributed by atoms with Gasteiger partial charge in [0.25, 0.3) is 5.91 Å². The molecule has 0 radical (unpaired) electrons. The fraction of sp³-hybridized carbons (Fsp3) is 0.619. The van der Waals surface area contributed by atoms with Crippen LogP contribution >= 0.6 is 0 Å². The van der Waals surface area contributed by atoms with Crippen molar-refractivity contribution in [2.45, 2.75) is 64.0 Å². The second-order valence-corrected chi connectivity index (χ2v) is 10.6. The van der Waals surface area contributed by atoms with Gasteiger partial charge in [-0.25, -0.2) is 17.9 Å². The molecular formula is C21H33N3O5S. The van der Waals surface area contributed by atoms with Gasteiger partial charge in [0.05, 0.1) is 4.90 Å². The number of nitrogens with zero attached hydrogens (tertiary/aromatic N) is 1. The molecule has 1 aliphatic heterocycles. The van der Waals surface area contributed by atoms with Crippen molar-refractivity contribution in [2.75, 3.05) is 19.6 Å². The van der Waals surface area contributed by atoms with E-state index < -0.39 is 21.7 Å². The number of piperidine rings is 1. The predicted molar refractivity (Wildman–Crippen MR) is 115 cm³/mol. The zero-order valence-electron chi connectivity index (χ0n) is 18.4. The van der Waals surface area contributed by atoms with E-state index in [9.17, 15) is 18.0 Å². The minimum Gasteiger partial charge on any atom is -0.444 e.